The first-order chi connectivity index (χ1) is 7.79. The van der Waals surface area contributed by atoms with Crippen LogP contribution in [0.25, 0.3) is 0 Å². The van der Waals surface area contributed by atoms with Crippen molar-refractivity contribution < 1.29 is 0 Å². The van der Waals surface area contributed by atoms with Gasteiger partial charge < -0.3 is 0 Å². The van der Waals surface area contributed by atoms with Gasteiger partial charge in [0.05, 0.1) is 0 Å². The Balaban J connectivity index is 2.44. The number of rotatable bonds is 3. The summed E-state index contributed by atoms with van der Waals surface area (Å²) in [6.45, 7) is 6.38. The van der Waals surface area contributed by atoms with Crippen molar-refractivity contribution in [2.24, 2.45) is 0 Å². The molecule has 0 amide bonds. The summed E-state index contributed by atoms with van der Waals surface area (Å²) in [5.41, 5.74) is 0. The minimum atomic E-state index is -1.93. The molecule has 0 saturated carbocycles. The summed E-state index contributed by atoms with van der Waals surface area (Å²) in [7, 11) is 0. The summed E-state index contributed by atoms with van der Waals surface area (Å²) >= 11 is -1.93. The van der Waals surface area contributed by atoms with Crippen LogP contribution in [-0.2, 0) is 0 Å². The molecule has 16 heavy (non-hydrogen) atoms. The molecule has 0 bridgehead atoms. The van der Waals surface area contributed by atoms with E-state index in [0.29, 0.717) is 0 Å². The van der Waals surface area contributed by atoms with Crippen molar-refractivity contribution in [1.82, 2.24) is 0 Å². The number of hydrogen-bond acceptors (Lipinski definition) is 0. The van der Waals surface area contributed by atoms with Gasteiger partial charge in [0.2, 0.25) is 0 Å². The van der Waals surface area contributed by atoms with Gasteiger partial charge in [0.15, 0.2) is 0 Å². The van der Waals surface area contributed by atoms with E-state index in [-0.39, 0.29) is 0 Å². The van der Waals surface area contributed by atoms with Crippen LogP contribution in [0.3, 0.4) is 0 Å². The molecule has 0 spiro atoms. The standard InChI is InChI=1S/2C6H5.C3H5.Bi/c2*1-2-4-6-5-3-1;1-3-2;/h2*1-5H;1H2,2H3;. The van der Waals surface area contributed by atoms with E-state index in [0.717, 1.165) is 0 Å². The molecule has 0 aliphatic carbocycles. The molecule has 0 unspecified atom stereocenters. The van der Waals surface area contributed by atoms with Crippen molar-refractivity contribution in [2.45, 2.75) is 6.92 Å². The Morgan fingerprint density at radius 3 is 1.50 bits per heavy atom. The van der Waals surface area contributed by atoms with Gasteiger partial charge >= 0.3 is 106 Å². The molecule has 1 heteroatoms. The Kier molecular flexibility index (Phi) is 3.90. The first-order valence-electron chi connectivity index (χ1n) is 5.35. The Hall–Kier alpha value is -0.937. The van der Waals surface area contributed by atoms with E-state index in [4.69, 9.17) is 0 Å². The first kappa shape index (κ1) is 11.5. The van der Waals surface area contributed by atoms with Crippen LogP contribution < -0.4 is 6.54 Å². The first-order valence-corrected chi connectivity index (χ1v) is 10.6. The maximum absolute atomic E-state index is 4.20. The molecule has 2 aromatic carbocycles. The van der Waals surface area contributed by atoms with Crippen LogP contribution in [0.15, 0.2) is 70.5 Å². The molecule has 0 nitrogen and oxygen atoms in total. The Bertz CT molecular complexity index is 420. The summed E-state index contributed by atoms with van der Waals surface area (Å²) in [5.74, 6) is 0. The molecule has 0 N–H and O–H groups in total. The van der Waals surface area contributed by atoms with Gasteiger partial charge in [-0.25, -0.2) is 0 Å². The quantitative estimate of drug-likeness (QED) is 0.690. The molecule has 0 aromatic heterocycles. The second-order valence-electron chi connectivity index (χ2n) is 3.74. The summed E-state index contributed by atoms with van der Waals surface area (Å²) in [5, 5.41) is 0. The molecule has 2 aromatic rings. The van der Waals surface area contributed by atoms with Gasteiger partial charge in [-0.2, -0.15) is 0 Å². The maximum atomic E-state index is 4.20. The van der Waals surface area contributed by atoms with Crippen LogP contribution in [0, 0.1) is 0 Å². The Morgan fingerprint density at radius 2 is 1.19 bits per heavy atom. The van der Waals surface area contributed by atoms with Crippen molar-refractivity contribution in [3.8, 4) is 0 Å². The van der Waals surface area contributed by atoms with E-state index < -0.39 is 21.8 Å². The topological polar surface area (TPSA) is 0 Å². The molecular formula is C15H15Bi. The van der Waals surface area contributed by atoms with E-state index in [1.165, 1.54) is 9.82 Å². The van der Waals surface area contributed by atoms with Crippen LogP contribution in [-0.4, -0.2) is 21.8 Å². The number of benzene rings is 2. The average Bonchev–Trinajstić information content (AvgIpc) is 2.31. The van der Waals surface area contributed by atoms with Crippen molar-refractivity contribution in [2.75, 3.05) is 0 Å². The third-order valence-corrected chi connectivity index (χ3v) is 11.7. The van der Waals surface area contributed by atoms with Gasteiger partial charge in [0, 0.05) is 0 Å². The predicted octanol–water partition coefficient (Wildman–Crippen LogP) is 2.41. The van der Waals surface area contributed by atoms with Crippen molar-refractivity contribution >= 4 is 28.3 Å². The van der Waals surface area contributed by atoms with E-state index in [2.05, 4.69) is 74.2 Å². The molecule has 0 heterocycles. The monoisotopic (exact) mass is 404 g/mol. The molecule has 0 saturated heterocycles. The number of hydrogen-bond donors (Lipinski definition) is 0. The zero-order valence-corrected chi connectivity index (χ0v) is 12.9. The van der Waals surface area contributed by atoms with Crippen molar-refractivity contribution in [3.05, 3.63) is 70.5 Å². The Labute approximate surface area is 105 Å². The molecule has 0 radical (unpaired) electrons. The summed E-state index contributed by atoms with van der Waals surface area (Å²) in [6, 6.07) is 21.7. The normalized spacial score (nSPS) is 10.4. The van der Waals surface area contributed by atoms with Crippen LogP contribution in [0.1, 0.15) is 6.92 Å². The fourth-order valence-corrected chi connectivity index (χ4v) is 9.99. The van der Waals surface area contributed by atoms with E-state index in [1.807, 2.05) is 0 Å². The van der Waals surface area contributed by atoms with Gasteiger partial charge in [-0.15, -0.1) is 0 Å². The zero-order chi connectivity index (χ0) is 11.4. The SMILES string of the molecule is C=[C](C)[Bi]([c]1ccccc1)[c]1ccccc1. The van der Waals surface area contributed by atoms with E-state index in [9.17, 15) is 0 Å². The molecule has 2 rings (SSSR count). The van der Waals surface area contributed by atoms with Crippen LogP contribution >= 0.6 is 0 Å². The van der Waals surface area contributed by atoms with Crippen LogP contribution in [0.5, 0.6) is 0 Å². The van der Waals surface area contributed by atoms with Gasteiger partial charge in [-0.05, 0) is 0 Å². The fraction of sp³-hybridized carbons (Fsp3) is 0.0667. The molecule has 0 aliphatic rings. The summed E-state index contributed by atoms with van der Waals surface area (Å²) in [6.07, 6.45) is 0. The molecule has 80 valence electrons. The van der Waals surface area contributed by atoms with Gasteiger partial charge in [-0.1, -0.05) is 0 Å². The predicted molar refractivity (Wildman–Crippen MR) is 72.7 cm³/mol. The van der Waals surface area contributed by atoms with Crippen LogP contribution in [0.4, 0.5) is 0 Å². The summed E-state index contributed by atoms with van der Waals surface area (Å²) in [4.78, 5) is 0. The second kappa shape index (κ2) is 5.41. The van der Waals surface area contributed by atoms with E-state index >= 15 is 0 Å². The van der Waals surface area contributed by atoms with Crippen molar-refractivity contribution in [1.29, 1.82) is 0 Å². The zero-order valence-electron chi connectivity index (χ0n) is 9.43. The molecule has 0 atom stereocenters. The molecule has 0 fully saturated rings. The van der Waals surface area contributed by atoms with Crippen LogP contribution in [0.2, 0.25) is 0 Å². The second-order valence-corrected chi connectivity index (χ2v) is 13.3. The van der Waals surface area contributed by atoms with Gasteiger partial charge in [-0.3, -0.25) is 0 Å². The third kappa shape index (κ3) is 2.60. The number of allylic oxidation sites excluding steroid dienone is 1. The minimum absolute atomic E-state index is 1.38. The van der Waals surface area contributed by atoms with E-state index in [1.54, 1.807) is 0 Å². The fourth-order valence-electron chi connectivity index (χ4n) is 1.74. The van der Waals surface area contributed by atoms with Crippen molar-refractivity contribution in [3.63, 3.8) is 0 Å². The molecule has 0 aliphatic heterocycles. The summed E-state index contributed by atoms with van der Waals surface area (Å²) < 4.78 is 4.40. The van der Waals surface area contributed by atoms with Gasteiger partial charge in [0.25, 0.3) is 0 Å². The third-order valence-electron chi connectivity index (χ3n) is 2.41. The Morgan fingerprint density at radius 1 is 0.812 bits per heavy atom. The van der Waals surface area contributed by atoms with Gasteiger partial charge in [0.1, 0.15) is 0 Å². The molecular weight excluding hydrogens is 389 g/mol. The average molecular weight is 404 g/mol.